The molecule has 2 aromatic carbocycles. The molecule has 6 aliphatic heterocycles. The van der Waals surface area contributed by atoms with Crippen molar-refractivity contribution in [3.63, 3.8) is 0 Å². The second-order valence-corrected chi connectivity index (χ2v) is 24.2. The highest BCUT2D eigenvalue weighted by atomic mass is 16.7. The molecule has 20 nitrogen and oxygen atoms in total. The maximum atomic E-state index is 14.3. The van der Waals surface area contributed by atoms with E-state index in [0.29, 0.717) is 43.3 Å². The number of phenolic OH excluding ortho intramolecular Hbond substituents is 4. The van der Waals surface area contributed by atoms with Crippen LogP contribution in [0.3, 0.4) is 0 Å². The van der Waals surface area contributed by atoms with Crippen molar-refractivity contribution >= 4 is 17.5 Å². The predicted octanol–water partition coefficient (Wildman–Crippen LogP) is 7.28. The molecule has 2 bridgehead atoms. The lowest BCUT2D eigenvalue weighted by molar-refractivity contribution is -0.318. The van der Waals surface area contributed by atoms with Crippen molar-refractivity contribution in [1.29, 1.82) is 0 Å². The zero-order valence-electron chi connectivity index (χ0n) is 50.0. The molecule has 1 spiro atoms. The number of methoxy groups -OCH3 is 2. The number of phenols is 4. The summed E-state index contributed by atoms with van der Waals surface area (Å²) in [4.78, 5) is 39.5. The number of allylic oxidation sites excluding steroid dienone is 2. The minimum atomic E-state index is -1.84. The zero-order valence-corrected chi connectivity index (χ0v) is 50.0. The Morgan fingerprint density at radius 1 is 0.738 bits per heavy atom. The van der Waals surface area contributed by atoms with Gasteiger partial charge in [0, 0.05) is 51.7 Å². The number of benzene rings is 2. The Bertz CT molecular complexity index is 2910. The smallest absolute Gasteiger partial charge is 0.316 e. The summed E-state index contributed by atoms with van der Waals surface area (Å²) in [5, 5.41) is 74.3. The summed E-state index contributed by atoms with van der Waals surface area (Å²) in [6, 6.07) is 2.33. The van der Waals surface area contributed by atoms with Crippen LogP contribution in [0.1, 0.15) is 137 Å². The fourth-order valence-corrected chi connectivity index (χ4v) is 13.3. The quantitative estimate of drug-likeness (QED) is 0.0662. The number of rotatable bonds is 8. The topological polar surface area (TPSA) is 285 Å². The van der Waals surface area contributed by atoms with Gasteiger partial charge in [-0.15, -0.1) is 0 Å². The molecule has 460 valence electrons. The summed E-state index contributed by atoms with van der Waals surface area (Å²) in [6.07, 6.45) is 8.55. The van der Waals surface area contributed by atoms with Crippen molar-refractivity contribution in [1.82, 2.24) is 0 Å². The molecular weight excluding hydrogens is 1090 g/mol. The van der Waals surface area contributed by atoms with E-state index in [-0.39, 0.29) is 76.1 Å². The van der Waals surface area contributed by atoms with Gasteiger partial charge in [-0.25, -0.2) is 0 Å². The van der Waals surface area contributed by atoms with E-state index in [1.165, 1.54) is 13.8 Å². The van der Waals surface area contributed by atoms with E-state index in [1.54, 1.807) is 40.2 Å². The number of esters is 1. The molecule has 20 unspecified atom stereocenters. The molecule has 20 heteroatoms. The first-order valence-corrected chi connectivity index (χ1v) is 29.3. The number of ether oxygens (including phenoxy) is 10. The molecule has 20 atom stereocenters. The number of ketones is 2. The number of aliphatic hydroxyl groups is 3. The third kappa shape index (κ3) is 11.9. The first kappa shape index (κ1) is 63.2. The number of aromatic hydroxyl groups is 4. The highest BCUT2D eigenvalue weighted by molar-refractivity contribution is 6.32. The highest BCUT2D eigenvalue weighted by Gasteiger charge is 2.60. The Kier molecular flexibility index (Phi) is 18.9. The molecular formula is C64H84O20. The van der Waals surface area contributed by atoms with Crippen molar-refractivity contribution < 1.29 is 97.5 Å². The average Bonchev–Trinajstić information content (AvgIpc) is 1.54. The minimum Gasteiger partial charge on any atom is -0.507 e. The van der Waals surface area contributed by atoms with Crippen LogP contribution in [0.2, 0.25) is 0 Å². The Labute approximate surface area is 490 Å². The monoisotopic (exact) mass is 1170 g/mol. The Morgan fingerprint density at radius 2 is 1.35 bits per heavy atom. The summed E-state index contributed by atoms with van der Waals surface area (Å²) in [7, 11) is 3.22. The van der Waals surface area contributed by atoms with Gasteiger partial charge in [-0.1, -0.05) is 70.6 Å². The van der Waals surface area contributed by atoms with Crippen LogP contribution in [0, 0.1) is 37.5 Å². The number of fused-ring (bicyclic) bond motifs is 4. The van der Waals surface area contributed by atoms with E-state index in [0.717, 1.165) is 24.1 Å². The maximum Gasteiger partial charge on any atom is 0.316 e. The van der Waals surface area contributed by atoms with Crippen LogP contribution in [0.5, 0.6) is 23.0 Å². The fourth-order valence-electron chi connectivity index (χ4n) is 13.3. The van der Waals surface area contributed by atoms with Crippen LogP contribution in [0.4, 0.5) is 0 Å². The summed E-state index contributed by atoms with van der Waals surface area (Å²) in [5.41, 5.74) is -0.911. The predicted molar refractivity (Wildman–Crippen MR) is 303 cm³/mol. The number of aryl methyl sites for hydroxylation is 2. The van der Waals surface area contributed by atoms with Gasteiger partial charge in [-0.3, -0.25) is 14.4 Å². The summed E-state index contributed by atoms with van der Waals surface area (Å²) in [6.45, 7) is 19.0. The first-order chi connectivity index (χ1) is 39.7. The molecule has 10 rings (SSSR count). The number of hydrogen-bond acceptors (Lipinski definition) is 20. The molecule has 8 aliphatic rings. The lowest BCUT2D eigenvalue weighted by atomic mass is 9.71. The highest BCUT2D eigenvalue weighted by Crippen LogP contribution is 2.49. The average molecular weight is 1170 g/mol. The molecule has 0 saturated carbocycles. The molecule has 6 heterocycles. The van der Waals surface area contributed by atoms with Crippen molar-refractivity contribution in [3.05, 3.63) is 105 Å². The van der Waals surface area contributed by atoms with Gasteiger partial charge in [0.15, 0.2) is 18.4 Å². The number of carbonyl (C=O) groups is 3. The van der Waals surface area contributed by atoms with Crippen LogP contribution in [-0.2, 0) is 52.2 Å². The molecule has 0 amide bonds. The SMILES string of the molecule is CCC(C)C1OC2(C=CC1C)CC1CC(CC=C(C)C(OC3CC(OC)C(OC4CC(OC)C(O)C(C)O4)C(C)O3)C(C)C=CC=C3COC4C(O)C(C)=CC(C(=O)O1)C34O)O2.Cc1cc(O)c2c(c1O)C(=O)c1c(O)cc(C)c(O)c1C2=O. The lowest BCUT2D eigenvalue weighted by Crippen LogP contribution is -2.58. The summed E-state index contributed by atoms with van der Waals surface area (Å²) >= 11 is 0. The van der Waals surface area contributed by atoms with E-state index in [2.05, 4.69) is 39.8 Å². The van der Waals surface area contributed by atoms with Crippen LogP contribution in [0.15, 0.2) is 71.4 Å². The van der Waals surface area contributed by atoms with Crippen LogP contribution in [0.25, 0.3) is 0 Å². The Hall–Kier alpha value is -5.33. The van der Waals surface area contributed by atoms with Gasteiger partial charge >= 0.3 is 5.97 Å². The Balaban J connectivity index is 0.000000320. The minimum absolute atomic E-state index is 0.0317. The van der Waals surface area contributed by atoms with Crippen molar-refractivity contribution in [3.8, 4) is 23.0 Å². The summed E-state index contributed by atoms with van der Waals surface area (Å²) in [5.74, 6) is -6.01. The van der Waals surface area contributed by atoms with Gasteiger partial charge in [0.25, 0.3) is 0 Å². The molecule has 7 N–H and O–H groups in total. The second kappa shape index (κ2) is 25.2. The van der Waals surface area contributed by atoms with E-state index in [9.17, 15) is 50.1 Å². The van der Waals surface area contributed by atoms with Crippen molar-refractivity contribution in [2.24, 2.45) is 23.7 Å². The van der Waals surface area contributed by atoms with E-state index in [4.69, 9.17) is 47.4 Å². The third-order valence-electron chi connectivity index (χ3n) is 18.4. The van der Waals surface area contributed by atoms with Crippen LogP contribution >= 0.6 is 0 Å². The van der Waals surface area contributed by atoms with E-state index >= 15 is 0 Å². The first-order valence-electron chi connectivity index (χ1n) is 29.3. The number of carbonyl (C=O) groups excluding carboxylic acids is 3. The van der Waals surface area contributed by atoms with Gasteiger partial charge in [0.2, 0.25) is 11.6 Å². The maximum absolute atomic E-state index is 14.3. The van der Waals surface area contributed by atoms with Crippen molar-refractivity contribution in [2.45, 2.75) is 205 Å². The third-order valence-corrected chi connectivity index (χ3v) is 18.4. The molecule has 2 aliphatic carbocycles. The largest absolute Gasteiger partial charge is 0.507 e. The number of aliphatic hydroxyl groups excluding tert-OH is 2. The molecule has 0 radical (unpaired) electrons. The fraction of sp³-hybridized carbons (Fsp3) is 0.609. The lowest BCUT2D eigenvalue weighted by Gasteiger charge is -2.48. The molecule has 4 saturated heterocycles. The van der Waals surface area contributed by atoms with Gasteiger partial charge in [0.05, 0.1) is 71.6 Å². The van der Waals surface area contributed by atoms with Gasteiger partial charge < -0.3 is 83.1 Å². The number of hydrogen-bond donors (Lipinski definition) is 7. The molecule has 2 aromatic rings. The molecule has 84 heavy (non-hydrogen) atoms. The van der Waals surface area contributed by atoms with Crippen LogP contribution in [-0.4, -0.2) is 171 Å². The second-order valence-electron chi connectivity index (χ2n) is 24.2. The zero-order chi connectivity index (χ0) is 61.0. The molecule has 4 fully saturated rings. The Morgan fingerprint density at radius 3 is 1.96 bits per heavy atom. The van der Waals surface area contributed by atoms with Crippen LogP contribution < -0.4 is 0 Å². The van der Waals surface area contributed by atoms with Crippen molar-refractivity contribution in [2.75, 3.05) is 20.8 Å². The van der Waals surface area contributed by atoms with E-state index < -0.39 is 125 Å². The standard InChI is InChI=1S/C48H72O14.C16H12O6/c1-11-25(2)43-28(5)17-18-47(62-43)23-34-20-33(61-47)16-15-27(4)42(26(3)13-12-14-32-24-55-45-40(49)29(6)19-35(46(51)58-34)48(32,45)52)59-39-22-37(54-10)44(31(8)57-39)60-38-21-36(53-9)41(50)30(7)56-38;1-5-3-7(17)9-11(13(5)19)15(21)10-8(18)4-6(2)14(20)12(10)16(9)22/h12-15,17-19,25-26,28,30-31,33-45,49-50,52H,11,16,20-24H2,1-10H3;3-4,17-20H,1-2H3. The summed E-state index contributed by atoms with van der Waals surface area (Å²) < 4.78 is 63.7. The van der Waals surface area contributed by atoms with E-state index in [1.807, 2.05) is 32.1 Å². The van der Waals surface area contributed by atoms with Gasteiger partial charge in [-0.2, -0.15) is 0 Å². The van der Waals surface area contributed by atoms with Gasteiger partial charge in [0.1, 0.15) is 65.0 Å². The normalized spacial score (nSPS) is 38.1. The van der Waals surface area contributed by atoms with Gasteiger partial charge in [-0.05, 0) is 99.9 Å². The molecule has 0 aromatic heterocycles.